The standard InChI is InChI=1S/C14H13FN6O3S/c15-12-3-9(1-2-18-12)19-14-10(13(17)22)5-21(20-14)11-7-25(23,24)6-8(11)4-16/h1-3,5,8,11H,6-7H2,(H2,17,22)(H,18,19,20)/t8-,11+/m1/s1. The van der Waals surface area contributed by atoms with Gasteiger partial charge in [-0.05, 0) is 6.07 Å². The molecule has 25 heavy (non-hydrogen) atoms. The van der Waals surface area contributed by atoms with Crippen molar-refractivity contribution < 1.29 is 17.6 Å². The van der Waals surface area contributed by atoms with Crippen LogP contribution in [0.25, 0.3) is 0 Å². The van der Waals surface area contributed by atoms with E-state index in [0.717, 1.165) is 6.07 Å². The molecule has 1 aliphatic heterocycles. The van der Waals surface area contributed by atoms with Crippen molar-refractivity contribution in [3.8, 4) is 6.07 Å². The van der Waals surface area contributed by atoms with Crippen LogP contribution in [0.2, 0.25) is 0 Å². The number of halogens is 1. The van der Waals surface area contributed by atoms with Crippen molar-refractivity contribution in [1.29, 1.82) is 5.26 Å². The number of anilines is 2. The van der Waals surface area contributed by atoms with E-state index in [4.69, 9.17) is 11.0 Å². The lowest BCUT2D eigenvalue weighted by Gasteiger charge is -2.11. The highest BCUT2D eigenvalue weighted by atomic mass is 32.2. The van der Waals surface area contributed by atoms with Gasteiger partial charge >= 0.3 is 0 Å². The second-order valence-corrected chi connectivity index (χ2v) is 7.76. The molecule has 1 fully saturated rings. The molecule has 0 bridgehead atoms. The Bertz CT molecular complexity index is 981. The molecule has 0 unspecified atom stereocenters. The van der Waals surface area contributed by atoms with Gasteiger partial charge in [0.05, 0.1) is 29.5 Å². The molecule has 2 atom stereocenters. The third-order valence-corrected chi connectivity index (χ3v) is 5.53. The Hall–Kier alpha value is -3.00. The van der Waals surface area contributed by atoms with Gasteiger partial charge in [0.2, 0.25) is 5.95 Å². The van der Waals surface area contributed by atoms with Gasteiger partial charge in [0.25, 0.3) is 5.91 Å². The quantitative estimate of drug-likeness (QED) is 0.746. The summed E-state index contributed by atoms with van der Waals surface area (Å²) in [4.78, 5) is 15.1. The van der Waals surface area contributed by atoms with Crippen molar-refractivity contribution in [3.63, 3.8) is 0 Å². The highest BCUT2D eigenvalue weighted by Gasteiger charge is 2.40. The number of carbonyl (C=O) groups excluding carboxylic acids is 1. The molecule has 2 aromatic rings. The minimum atomic E-state index is -3.37. The van der Waals surface area contributed by atoms with E-state index >= 15 is 0 Å². The molecule has 130 valence electrons. The summed E-state index contributed by atoms with van der Waals surface area (Å²) in [5.41, 5.74) is 5.62. The van der Waals surface area contributed by atoms with Gasteiger partial charge in [0.1, 0.15) is 5.56 Å². The first-order valence-corrected chi connectivity index (χ1v) is 8.99. The van der Waals surface area contributed by atoms with E-state index in [0.29, 0.717) is 0 Å². The van der Waals surface area contributed by atoms with Crippen LogP contribution in [0.15, 0.2) is 24.5 Å². The van der Waals surface area contributed by atoms with Crippen LogP contribution in [0.1, 0.15) is 16.4 Å². The lowest BCUT2D eigenvalue weighted by molar-refractivity contribution is 0.100. The van der Waals surface area contributed by atoms with Crippen molar-refractivity contribution in [2.24, 2.45) is 11.7 Å². The summed E-state index contributed by atoms with van der Waals surface area (Å²) in [7, 11) is -3.37. The number of sulfone groups is 1. The number of carbonyl (C=O) groups is 1. The Morgan fingerprint density at radius 3 is 2.88 bits per heavy atom. The number of nitrogens with one attached hydrogen (secondary N) is 1. The second kappa shape index (κ2) is 6.14. The molecule has 1 amide bonds. The molecular formula is C14H13FN6O3S. The summed E-state index contributed by atoms with van der Waals surface area (Å²) in [5.74, 6) is -2.78. The van der Waals surface area contributed by atoms with Crippen LogP contribution in [0.4, 0.5) is 15.9 Å². The smallest absolute Gasteiger partial charge is 0.254 e. The first-order valence-electron chi connectivity index (χ1n) is 7.16. The van der Waals surface area contributed by atoms with Crippen molar-refractivity contribution in [1.82, 2.24) is 14.8 Å². The highest BCUT2D eigenvalue weighted by molar-refractivity contribution is 7.91. The normalized spacial score (nSPS) is 21.6. The van der Waals surface area contributed by atoms with Gasteiger partial charge in [0, 0.05) is 24.1 Å². The first-order chi connectivity index (χ1) is 11.8. The van der Waals surface area contributed by atoms with E-state index in [1.807, 2.05) is 6.07 Å². The third kappa shape index (κ3) is 3.43. The average Bonchev–Trinajstić information content (AvgIpc) is 3.07. The molecule has 0 aromatic carbocycles. The van der Waals surface area contributed by atoms with Gasteiger partial charge in [-0.3, -0.25) is 9.48 Å². The predicted molar refractivity (Wildman–Crippen MR) is 85.0 cm³/mol. The van der Waals surface area contributed by atoms with E-state index in [-0.39, 0.29) is 28.6 Å². The Morgan fingerprint density at radius 2 is 2.24 bits per heavy atom. The van der Waals surface area contributed by atoms with Gasteiger partial charge < -0.3 is 11.1 Å². The maximum Gasteiger partial charge on any atom is 0.254 e. The number of amides is 1. The minimum Gasteiger partial charge on any atom is -0.365 e. The number of pyridine rings is 1. The van der Waals surface area contributed by atoms with Gasteiger partial charge in [-0.15, -0.1) is 0 Å². The highest BCUT2D eigenvalue weighted by Crippen LogP contribution is 2.31. The van der Waals surface area contributed by atoms with Crippen molar-refractivity contribution in [3.05, 3.63) is 36.0 Å². The number of aromatic nitrogens is 3. The van der Waals surface area contributed by atoms with Crippen molar-refractivity contribution >= 4 is 27.2 Å². The molecule has 11 heteroatoms. The van der Waals surface area contributed by atoms with Gasteiger partial charge in [-0.25, -0.2) is 13.4 Å². The Kier molecular flexibility index (Phi) is 4.13. The number of nitrogens with zero attached hydrogens (tertiary/aromatic N) is 4. The topological polar surface area (TPSA) is 144 Å². The number of rotatable bonds is 4. The van der Waals surface area contributed by atoms with E-state index in [1.165, 1.54) is 23.1 Å². The third-order valence-electron chi connectivity index (χ3n) is 3.81. The van der Waals surface area contributed by atoms with Gasteiger partial charge in [-0.1, -0.05) is 0 Å². The van der Waals surface area contributed by atoms with Crippen LogP contribution in [-0.2, 0) is 9.84 Å². The molecule has 3 heterocycles. The second-order valence-electron chi connectivity index (χ2n) is 5.61. The summed E-state index contributed by atoms with van der Waals surface area (Å²) in [6.45, 7) is 0. The van der Waals surface area contributed by atoms with E-state index in [1.54, 1.807) is 0 Å². The van der Waals surface area contributed by atoms with Crippen LogP contribution in [-0.4, -0.2) is 40.6 Å². The minimum absolute atomic E-state index is 0.00166. The Labute approximate surface area is 142 Å². The van der Waals surface area contributed by atoms with Gasteiger partial charge in [-0.2, -0.15) is 14.8 Å². The molecular weight excluding hydrogens is 351 g/mol. The Morgan fingerprint density at radius 1 is 1.48 bits per heavy atom. The molecule has 3 N–H and O–H groups in total. The Balaban J connectivity index is 1.98. The molecule has 0 radical (unpaired) electrons. The fraction of sp³-hybridized carbons (Fsp3) is 0.286. The van der Waals surface area contributed by atoms with Crippen molar-refractivity contribution in [2.45, 2.75) is 6.04 Å². The van der Waals surface area contributed by atoms with E-state index in [9.17, 15) is 17.6 Å². The molecule has 0 aliphatic carbocycles. The molecule has 1 saturated heterocycles. The zero-order valence-electron chi connectivity index (χ0n) is 12.8. The van der Waals surface area contributed by atoms with E-state index in [2.05, 4.69) is 15.4 Å². The molecule has 1 aliphatic rings. The summed E-state index contributed by atoms with van der Waals surface area (Å²) >= 11 is 0. The molecule has 0 spiro atoms. The van der Waals surface area contributed by atoms with Crippen LogP contribution < -0.4 is 11.1 Å². The zero-order valence-corrected chi connectivity index (χ0v) is 13.6. The largest absolute Gasteiger partial charge is 0.365 e. The van der Waals surface area contributed by atoms with Crippen LogP contribution >= 0.6 is 0 Å². The number of hydrogen-bond donors (Lipinski definition) is 2. The monoisotopic (exact) mass is 364 g/mol. The number of primary amides is 1. The fourth-order valence-electron chi connectivity index (χ4n) is 2.66. The molecule has 9 nitrogen and oxygen atoms in total. The average molecular weight is 364 g/mol. The summed E-state index contributed by atoms with van der Waals surface area (Å²) in [5, 5.41) is 16.1. The lowest BCUT2D eigenvalue weighted by atomic mass is 10.1. The molecule has 2 aromatic heterocycles. The zero-order chi connectivity index (χ0) is 18.2. The summed E-state index contributed by atoms with van der Waals surface area (Å²) in [6.07, 6.45) is 2.52. The molecule has 3 rings (SSSR count). The number of nitrogens with two attached hydrogens (primary N) is 1. The fourth-order valence-corrected chi connectivity index (χ4v) is 4.55. The first kappa shape index (κ1) is 16.8. The summed E-state index contributed by atoms with van der Waals surface area (Å²) < 4.78 is 38.0. The van der Waals surface area contributed by atoms with Gasteiger partial charge in [0.15, 0.2) is 15.7 Å². The maximum atomic E-state index is 13.2. The molecule has 0 saturated carbocycles. The maximum absolute atomic E-state index is 13.2. The van der Waals surface area contributed by atoms with Crippen molar-refractivity contribution in [2.75, 3.05) is 16.8 Å². The number of hydrogen-bond acceptors (Lipinski definition) is 7. The summed E-state index contributed by atoms with van der Waals surface area (Å²) in [6, 6.07) is 3.79. The predicted octanol–water partition coefficient (Wildman–Crippen LogP) is 0.369. The van der Waals surface area contributed by atoms with Crippen LogP contribution in [0.3, 0.4) is 0 Å². The van der Waals surface area contributed by atoms with E-state index < -0.39 is 33.7 Å². The van der Waals surface area contributed by atoms with Crippen LogP contribution in [0.5, 0.6) is 0 Å². The van der Waals surface area contributed by atoms with Crippen LogP contribution in [0, 0.1) is 23.2 Å². The SMILES string of the molecule is N#C[C@@H]1CS(=O)(=O)C[C@@H]1n1cc(C(N)=O)c(Nc2ccnc(F)c2)n1. The number of nitriles is 1. The lowest BCUT2D eigenvalue weighted by Crippen LogP contribution is -2.17.